The minimum absolute atomic E-state index is 0.167. The molecule has 2 aromatic carbocycles. The van der Waals surface area contributed by atoms with Crippen LogP contribution in [0.2, 0.25) is 0 Å². The smallest absolute Gasteiger partial charge is 0.333 e. The number of imidazole rings is 1. The molecule has 4 aromatic rings. The number of aromatic nitrogens is 4. The molecule has 10 heteroatoms. The summed E-state index contributed by atoms with van der Waals surface area (Å²) in [6.45, 7) is 2.61. The fourth-order valence-electron chi connectivity index (χ4n) is 3.98. The molecule has 1 amide bonds. The molecule has 3 heterocycles. The molecule has 5 rings (SSSR count). The summed E-state index contributed by atoms with van der Waals surface area (Å²) in [5.74, 6) is 0.816. The summed E-state index contributed by atoms with van der Waals surface area (Å²) < 4.78 is 14.7. The van der Waals surface area contributed by atoms with E-state index in [1.165, 1.54) is 10.9 Å². The molecule has 0 spiro atoms. The van der Waals surface area contributed by atoms with Crippen molar-refractivity contribution in [3.8, 4) is 11.5 Å². The second kappa shape index (κ2) is 8.89. The van der Waals surface area contributed by atoms with Crippen LogP contribution >= 0.6 is 0 Å². The Morgan fingerprint density at radius 2 is 1.82 bits per heavy atom. The zero-order chi connectivity index (χ0) is 23.7. The Morgan fingerprint density at radius 3 is 2.62 bits per heavy atom. The first-order valence-electron chi connectivity index (χ1n) is 10.9. The summed E-state index contributed by atoms with van der Waals surface area (Å²) in [5, 5.41) is 2.77. The Balaban J connectivity index is 1.44. The lowest BCUT2D eigenvalue weighted by Crippen LogP contribution is -2.44. The zero-order valence-electron chi connectivity index (χ0n) is 18.6. The maximum Gasteiger partial charge on any atom is 0.333 e. The Hall–Kier alpha value is -4.34. The molecule has 0 aliphatic carbocycles. The van der Waals surface area contributed by atoms with E-state index in [2.05, 4.69) is 10.3 Å². The highest BCUT2D eigenvalue weighted by atomic mass is 16.7. The van der Waals surface area contributed by atoms with E-state index in [9.17, 15) is 14.4 Å². The average Bonchev–Trinajstić information content (AvgIpc) is 3.50. The predicted octanol–water partition coefficient (Wildman–Crippen LogP) is 1.47. The second-order valence-corrected chi connectivity index (χ2v) is 7.91. The van der Waals surface area contributed by atoms with Gasteiger partial charge in [-0.05, 0) is 30.2 Å². The van der Waals surface area contributed by atoms with Crippen molar-refractivity contribution in [2.24, 2.45) is 0 Å². The molecule has 0 atom stereocenters. The molecular weight excluding hydrogens is 438 g/mol. The Kier molecular flexibility index (Phi) is 5.62. The molecule has 1 aliphatic heterocycles. The second-order valence-electron chi connectivity index (χ2n) is 7.91. The number of benzene rings is 2. The molecule has 0 saturated carbocycles. The maximum absolute atomic E-state index is 13.3. The summed E-state index contributed by atoms with van der Waals surface area (Å²) in [7, 11) is 0. The van der Waals surface area contributed by atoms with E-state index >= 15 is 0 Å². The standard InChI is InChI=1S/C24H23N5O5/c1-2-27-14-26-22-21(27)23(31)29(24(32)28(22)12-16-6-4-3-5-7-16)13-20(30)25-11-17-8-9-18-19(10-17)34-15-33-18/h3-10,14H,2,11-13,15H2,1H3,(H,25,30). The SMILES string of the molecule is CCn1cnc2c1c(=O)n(CC(=O)NCc1ccc3c(c1)OCO3)c(=O)n2Cc1ccccc1. The van der Waals surface area contributed by atoms with Gasteiger partial charge in [-0.2, -0.15) is 0 Å². The largest absolute Gasteiger partial charge is 0.454 e. The van der Waals surface area contributed by atoms with Gasteiger partial charge < -0.3 is 19.4 Å². The van der Waals surface area contributed by atoms with Crippen LogP contribution < -0.4 is 26.0 Å². The fourth-order valence-corrected chi connectivity index (χ4v) is 3.98. The lowest BCUT2D eigenvalue weighted by atomic mass is 10.2. The first kappa shape index (κ1) is 21.5. The van der Waals surface area contributed by atoms with Gasteiger partial charge in [-0.15, -0.1) is 0 Å². The maximum atomic E-state index is 13.3. The lowest BCUT2D eigenvalue weighted by Gasteiger charge is -2.13. The summed E-state index contributed by atoms with van der Waals surface area (Å²) in [6.07, 6.45) is 1.54. The van der Waals surface area contributed by atoms with Gasteiger partial charge >= 0.3 is 5.69 Å². The molecular formula is C24H23N5O5. The van der Waals surface area contributed by atoms with Crippen LogP contribution in [-0.2, 0) is 31.0 Å². The number of fused-ring (bicyclic) bond motifs is 2. The van der Waals surface area contributed by atoms with Gasteiger partial charge in [0.05, 0.1) is 12.9 Å². The third-order valence-corrected chi connectivity index (χ3v) is 5.74. The van der Waals surface area contributed by atoms with Crippen molar-refractivity contribution >= 4 is 17.1 Å². The Labute approximate surface area is 194 Å². The van der Waals surface area contributed by atoms with Crippen LogP contribution in [0.5, 0.6) is 11.5 Å². The van der Waals surface area contributed by atoms with Crippen molar-refractivity contribution < 1.29 is 14.3 Å². The topological polar surface area (TPSA) is 109 Å². The minimum atomic E-state index is -0.582. The number of nitrogens with one attached hydrogen (secondary N) is 1. The summed E-state index contributed by atoms with van der Waals surface area (Å²) in [4.78, 5) is 43.6. The van der Waals surface area contributed by atoms with Gasteiger partial charge in [0.1, 0.15) is 6.54 Å². The van der Waals surface area contributed by atoms with Crippen molar-refractivity contribution in [2.45, 2.75) is 33.1 Å². The van der Waals surface area contributed by atoms with Crippen molar-refractivity contribution in [2.75, 3.05) is 6.79 Å². The van der Waals surface area contributed by atoms with Gasteiger partial charge in [-0.25, -0.2) is 14.3 Å². The number of carbonyl (C=O) groups is 1. The van der Waals surface area contributed by atoms with Gasteiger partial charge in [0.15, 0.2) is 22.7 Å². The van der Waals surface area contributed by atoms with Crippen LogP contribution in [0.3, 0.4) is 0 Å². The van der Waals surface area contributed by atoms with E-state index in [0.717, 1.165) is 15.7 Å². The number of rotatable bonds is 7. The average molecular weight is 461 g/mol. The van der Waals surface area contributed by atoms with E-state index in [-0.39, 0.29) is 19.9 Å². The van der Waals surface area contributed by atoms with Gasteiger partial charge in [0.2, 0.25) is 12.7 Å². The molecule has 34 heavy (non-hydrogen) atoms. The van der Waals surface area contributed by atoms with Crippen molar-refractivity contribution in [3.05, 3.63) is 86.8 Å². The van der Waals surface area contributed by atoms with Crippen molar-refractivity contribution in [1.82, 2.24) is 24.0 Å². The van der Waals surface area contributed by atoms with E-state index in [0.29, 0.717) is 29.2 Å². The number of hydrogen-bond acceptors (Lipinski definition) is 6. The summed E-state index contributed by atoms with van der Waals surface area (Å²) in [6, 6.07) is 14.8. The van der Waals surface area contributed by atoms with Crippen molar-refractivity contribution in [1.29, 1.82) is 0 Å². The van der Waals surface area contributed by atoms with Crippen LogP contribution in [0.15, 0.2) is 64.4 Å². The number of nitrogens with zero attached hydrogens (tertiary/aromatic N) is 4. The minimum Gasteiger partial charge on any atom is -0.454 e. The molecule has 2 aromatic heterocycles. The normalized spacial score (nSPS) is 12.3. The van der Waals surface area contributed by atoms with Gasteiger partial charge in [0, 0.05) is 13.1 Å². The van der Waals surface area contributed by atoms with Crippen LogP contribution in [0, 0.1) is 0 Å². The molecule has 0 bridgehead atoms. The molecule has 174 valence electrons. The number of amides is 1. The molecule has 10 nitrogen and oxygen atoms in total. The first-order chi connectivity index (χ1) is 16.5. The summed E-state index contributed by atoms with van der Waals surface area (Å²) in [5.41, 5.74) is 1.17. The number of ether oxygens (including phenoxy) is 2. The molecule has 0 fully saturated rings. The zero-order valence-corrected chi connectivity index (χ0v) is 18.6. The highest BCUT2D eigenvalue weighted by Gasteiger charge is 2.20. The Bertz CT molecular complexity index is 1490. The van der Waals surface area contributed by atoms with Crippen LogP contribution in [0.4, 0.5) is 0 Å². The number of hydrogen-bond donors (Lipinski definition) is 1. The van der Waals surface area contributed by atoms with Crippen LogP contribution in [0.25, 0.3) is 11.2 Å². The third-order valence-electron chi connectivity index (χ3n) is 5.74. The molecule has 0 saturated heterocycles. The van der Waals surface area contributed by atoms with E-state index in [1.807, 2.05) is 43.3 Å². The fraction of sp³-hybridized carbons (Fsp3) is 0.250. The number of carbonyl (C=O) groups excluding carboxylic acids is 1. The quantitative estimate of drug-likeness (QED) is 0.447. The number of aryl methyl sites for hydroxylation is 1. The lowest BCUT2D eigenvalue weighted by molar-refractivity contribution is -0.121. The highest BCUT2D eigenvalue weighted by molar-refractivity contribution is 5.76. The Morgan fingerprint density at radius 1 is 1.03 bits per heavy atom. The predicted molar refractivity (Wildman–Crippen MR) is 124 cm³/mol. The monoisotopic (exact) mass is 461 g/mol. The van der Waals surface area contributed by atoms with E-state index in [4.69, 9.17) is 9.47 Å². The molecule has 1 aliphatic rings. The van der Waals surface area contributed by atoms with Crippen LogP contribution in [0.1, 0.15) is 18.1 Å². The third kappa shape index (κ3) is 3.94. The van der Waals surface area contributed by atoms with Gasteiger partial charge in [-0.3, -0.25) is 14.2 Å². The van der Waals surface area contributed by atoms with Crippen LogP contribution in [-0.4, -0.2) is 31.4 Å². The van der Waals surface area contributed by atoms with E-state index in [1.54, 1.807) is 16.7 Å². The first-order valence-corrected chi connectivity index (χ1v) is 10.9. The highest BCUT2D eigenvalue weighted by Crippen LogP contribution is 2.32. The van der Waals surface area contributed by atoms with Gasteiger partial charge in [-0.1, -0.05) is 36.4 Å². The van der Waals surface area contributed by atoms with Crippen molar-refractivity contribution in [3.63, 3.8) is 0 Å². The molecule has 0 radical (unpaired) electrons. The van der Waals surface area contributed by atoms with Gasteiger partial charge in [0.25, 0.3) is 5.56 Å². The summed E-state index contributed by atoms with van der Waals surface area (Å²) >= 11 is 0. The van der Waals surface area contributed by atoms with E-state index < -0.39 is 23.7 Å². The molecule has 1 N–H and O–H groups in total. The molecule has 0 unspecified atom stereocenters.